The van der Waals surface area contributed by atoms with E-state index in [1.807, 2.05) is 44.2 Å². The van der Waals surface area contributed by atoms with Crippen molar-refractivity contribution in [3.63, 3.8) is 0 Å². The lowest BCUT2D eigenvalue weighted by Crippen LogP contribution is -2.37. The zero-order valence-corrected chi connectivity index (χ0v) is 31.9. The minimum Gasteiger partial charge on any atom is -0.493 e. The van der Waals surface area contributed by atoms with Crippen molar-refractivity contribution >= 4 is 54.7 Å². The molecule has 6 aromatic rings. The lowest BCUT2D eigenvalue weighted by Gasteiger charge is -2.28. The van der Waals surface area contributed by atoms with Crippen molar-refractivity contribution < 1.29 is 18.9 Å². The quantitative estimate of drug-likeness (QED) is 0.172. The van der Waals surface area contributed by atoms with Crippen LogP contribution in [0.25, 0.3) is 43.2 Å². The average molecular weight is 747 g/mol. The number of nitrogens with zero attached hydrogens (tertiary/aromatic N) is 8. The van der Waals surface area contributed by atoms with Gasteiger partial charge in [0.15, 0.2) is 23.1 Å². The summed E-state index contributed by atoms with van der Waals surface area (Å²) in [4.78, 5) is 26.8. The second-order valence-electron chi connectivity index (χ2n) is 12.6. The molecule has 2 saturated heterocycles. The fraction of sp³-hybridized carbons (Fsp3) is 0.333. The highest BCUT2D eigenvalue weighted by Crippen LogP contribution is 2.39. The van der Waals surface area contributed by atoms with Crippen molar-refractivity contribution in [2.24, 2.45) is 0 Å². The first-order chi connectivity index (χ1) is 25.8. The van der Waals surface area contributed by atoms with Crippen molar-refractivity contribution in [1.29, 1.82) is 10.5 Å². The van der Waals surface area contributed by atoms with E-state index in [9.17, 15) is 10.5 Å². The first-order valence-corrected chi connectivity index (χ1v) is 18.8. The molecular weight excluding hydrogens is 709 g/mol. The third kappa shape index (κ3) is 7.19. The van der Waals surface area contributed by atoms with Crippen molar-refractivity contribution in [2.75, 3.05) is 76.6 Å². The third-order valence-electron chi connectivity index (χ3n) is 9.32. The van der Waals surface area contributed by atoms with Crippen LogP contribution >= 0.6 is 22.7 Å². The van der Waals surface area contributed by atoms with Gasteiger partial charge in [-0.1, -0.05) is 29.8 Å². The van der Waals surface area contributed by atoms with E-state index in [0.29, 0.717) is 59.3 Å². The van der Waals surface area contributed by atoms with Crippen LogP contribution in [0.4, 0.5) is 11.6 Å². The molecule has 0 unspecified atom stereocenters. The average Bonchev–Trinajstić information content (AvgIpc) is 3.72. The molecule has 0 N–H and O–H groups in total. The summed E-state index contributed by atoms with van der Waals surface area (Å²) >= 11 is 2.85. The Morgan fingerprint density at radius 2 is 1.08 bits per heavy atom. The summed E-state index contributed by atoms with van der Waals surface area (Å²) in [6, 6.07) is 18.4. The predicted octanol–water partition coefficient (Wildman–Crippen LogP) is 7.08. The lowest BCUT2D eigenvalue weighted by molar-refractivity contribution is 0.122. The number of benzene rings is 2. The summed E-state index contributed by atoms with van der Waals surface area (Å²) in [7, 11) is 3.21. The van der Waals surface area contributed by atoms with Crippen LogP contribution in [-0.2, 0) is 9.47 Å². The van der Waals surface area contributed by atoms with E-state index in [0.717, 1.165) is 80.5 Å². The van der Waals surface area contributed by atoms with Crippen molar-refractivity contribution in [3.8, 4) is 46.4 Å². The van der Waals surface area contributed by atoms with Gasteiger partial charge in [0.25, 0.3) is 0 Å². The number of fused-ring (bicyclic) bond motifs is 2. The SMILES string of the molecule is COc1ccc(-c2nc(N3CCOCC3)c3c(C)c(C#N)sc3n2)cc1OC.Cc1ccc(-c2nc(N3CCOCC3)c3c(C)c(C#N)sc3n2)cc1. The first kappa shape index (κ1) is 36.0. The molecule has 4 aromatic heterocycles. The van der Waals surface area contributed by atoms with Crippen LogP contribution < -0.4 is 19.3 Å². The highest BCUT2D eigenvalue weighted by molar-refractivity contribution is 7.19. The molecule has 8 rings (SSSR count). The molecule has 2 aliphatic rings. The number of methoxy groups -OCH3 is 2. The summed E-state index contributed by atoms with van der Waals surface area (Å²) in [5.74, 6) is 4.35. The molecule has 12 nitrogen and oxygen atoms in total. The van der Waals surface area contributed by atoms with Gasteiger partial charge in [0, 0.05) is 37.3 Å². The van der Waals surface area contributed by atoms with Crippen molar-refractivity contribution in [3.05, 3.63) is 68.9 Å². The molecular formula is C39H38N8O4S2. The first-order valence-electron chi connectivity index (χ1n) is 17.2. The van der Waals surface area contributed by atoms with Gasteiger partial charge in [0.05, 0.1) is 51.4 Å². The Kier molecular flexibility index (Phi) is 10.7. The molecule has 0 spiro atoms. The van der Waals surface area contributed by atoms with Gasteiger partial charge in [-0.05, 0) is 50.1 Å². The highest BCUT2D eigenvalue weighted by Gasteiger charge is 2.24. The Labute approximate surface area is 315 Å². The summed E-state index contributed by atoms with van der Waals surface area (Å²) in [6.07, 6.45) is 0. The second kappa shape index (κ2) is 15.7. The summed E-state index contributed by atoms with van der Waals surface area (Å²) in [5.41, 5.74) is 4.93. The van der Waals surface area contributed by atoms with Gasteiger partial charge in [-0.15, -0.1) is 22.7 Å². The summed E-state index contributed by atoms with van der Waals surface area (Å²) < 4.78 is 21.7. The predicted molar refractivity (Wildman–Crippen MR) is 209 cm³/mol. The Balaban J connectivity index is 0.000000165. The van der Waals surface area contributed by atoms with Gasteiger partial charge in [0.1, 0.15) is 43.2 Å². The number of aryl methyl sites for hydroxylation is 3. The molecule has 14 heteroatoms. The molecule has 53 heavy (non-hydrogen) atoms. The van der Waals surface area contributed by atoms with Gasteiger partial charge >= 0.3 is 0 Å². The number of ether oxygens (including phenoxy) is 4. The monoisotopic (exact) mass is 746 g/mol. The van der Waals surface area contributed by atoms with Crippen LogP contribution in [0.5, 0.6) is 11.5 Å². The van der Waals surface area contributed by atoms with Crippen molar-refractivity contribution in [1.82, 2.24) is 19.9 Å². The normalized spacial score (nSPS) is 14.4. The number of nitriles is 2. The zero-order chi connectivity index (χ0) is 37.1. The molecule has 6 heterocycles. The van der Waals surface area contributed by atoms with E-state index in [-0.39, 0.29) is 0 Å². The maximum atomic E-state index is 9.48. The van der Waals surface area contributed by atoms with Crippen LogP contribution in [0, 0.1) is 43.4 Å². The number of anilines is 2. The lowest BCUT2D eigenvalue weighted by atomic mass is 10.1. The number of morpholine rings is 2. The van der Waals surface area contributed by atoms with E-state index in [1.165, 1.54) is 28.2 Å². The second-order valence-corrected chi connectivity index (χ2v) is 14.6. The number of aromatic nitrogens is 4. The van der Waals surface area contributed by atoms with E-state index in [2.05, 4.69) is 41.0 Å². The topological polar surface area (TPSA) is 143 Å². The molecule has 0 atom stereocenters. The van der Waals surface area contributed by atoms with Gasteiger partial charge in [-0.2, -0.15) is 10.5 Å². The maximum absolute atomic E-state index is 9.48. The molecule has 0 aliphatic carbocycles. The fourth-order valence-electron chi connectivity index (χ4n) is 6.39. The molecule has 0 radical (unpaired) electrons. The van der Waals surface area contributed by atoms with Crippen LogP contribution in [0.1, 0.15) is 26.4 Å². The minimum atomic E-state index is 0.598. The van der Waals surface area contributed by atoms with Crippen LogP contribution in [0.3, 0.4) is 0 Å². The zero-order valence-electron chi connectivity index (χ0n) is 30.2. The Bertz CT molecular complexity index is 2370. The van der Waals surface area contributed by atoms with E-state index >= 15 is 0 Å². The number of hydrogen-bond donors (Lipinski definition) is 0. The Morgan fingerprint density at radius 1 is 0.623 bits per heavy atom. The Morgan fingerprint density at radius 3 is 1.53 bits per heavy atom. The van der Waals surface area contributed by atoms with E-state index < -0.39 is 0 Å². The maximum Gasteiger partial charge on any atom is 0.163 e. The standard InChI is InChI=1S/C20H20N4O3S.C19H18N4OS/c1-12-16(11-21)28-20-17(12)19(24-6-8-27-9-7-24)22-18(23-20)13-4-5-14(25-2)15(10-13)26-3;1-12-3-5-14(6-4-12)17-21-18(23-7-9-24-10-8-23)16-13(2)15(11-20)25-19(16)22-17/h4-5,10H,6-9H2,1-3H3;3-6H,7-10H2,1-2H3. The van der Waals surface area contributed by atoms with E-state index in [1.54, 1.807) is 14.2 Å². The number of thiophene rings is 2. The molecule has 2 aromatic carbocycles. The molecule has 2 fully saturated rings. The number of hydrogen-bond acceptors (Lipinski definition) is 14. The summed E-state index contributed by atoms with van der Waals surface area (Å²) in [6.45, 7) is 11.8. The van der Waals surface area contributed by atoms with Crippen LogP contribution in [0.15, 0.2) is 42.5 Å². The molecule has 270 valence electrons. The van der Waals surface area contributed by atoms with Gasteiger partial charge in [-0.3, -0.25) is 0 Å². The molecule has 0 amide bonds. The van der Waals surface area contributed by atoms with Gasteiger partial charge in [0.2, 0.25) is 0 Å². The molecule has 2 aliphatic heterocycles. The smallest absolute Gasteiger partial charge is 0.163 e. The largest absolute Gasteiger partial charge is 0.493 e. The van der Waals surface area contributed by atoms with Crippen LogP contribution in [-0.4, -0.2) is 86.8 Å². The summed E-state index contributed by atoms with van der Waals surface area (Å²) in [5, 5.41) is 20.8. The van der Waals surface area contributed by atoms with Crippen molar-refractivity contribution in [2.45, 2.75) is 20.8 Å². The highest BCUT2D eigenvalue weighted by atomic mass is 32.1. The fourth-order valence-corrected chi connectivity index (χ4v) is 8.34. The van der Waals surface area contributed by atoms with Gasteiger partial charge in [-0.25, -0.2) is 19.9 Å². The van der Waals surface area contributed by atoms with E-state index in [4.69, 9.17) is 38.9 Å². The third-order valence-corrected chi connectivity index (χ3v) is 11.5. The number of rotatable bonds is 6. The van der Waals surface area contributed by atoms with Crippen LogP contribution in [0.2, 0.25) is 0 Å². The minimum absolute atomic E-state index is 0.598. The molecule has 0 saturated carbocycles. The Hall–Kier alpha value is -5.38. The molecule has 0 bridgehead atoms. The van der Waals surface area contributed by atoms with Gasteiger partial charge < -0.3 is 28.7 Å².